The molecule has 1 amide bonds. The molecule has 0 saturated carbocycles. The van der Waals surface area contributed by atoms with E-state index in [0.29, 0.717) is 17.1 Å². The second kappa shape index (κ2) is 9.97. The number of carbonyl (C=O) groups excluding carboxylic acids is 2. The summed E-state index contributed by atoms with van der Waals surface area (Å²) in [6.45, 7) is 0.419. The van der Waals surface area contributed by atoms with Crippen molar-refractivity contribution in [3.8, 4) is 5.75 Å². The summed E-state index contributed by atoms with van der Waals surface area (Å²) < 4.78 is 8.45. The predicted molar refractivity (Wildman–Crippen MR) is 131 cm³/mol. The number of hydrogen-bond acceptors (Lipinski definition) is 4. The molecule has 0 fully saturated rings. The summed E-state index contributed by atoms with van der Waals surface area (Å²) in [4.78, 5) is 27.5. The smallest absolute Gasteiger partial charge is 0.242 e. The fourth-order valence-electron chi connectivity index (χ4n) is 3.83. The van der Waals surface area contributed by atoms with Crippen molar-refractivity contribution in [1.82, 2.24) is 14.0 Å². The Morgan fingerprint density at radius 2 is 1.50 bits per heavy atom. The van der Waals surface area contributed by atoms with E-state index in [2.05, 4.69) is 0 Å². The monoisotopic (exact) mass is 476 g/mol. The molecule has 0 radical (unpaired) electrons. The molecule has 0 aliphatic carbocycles. The number of amides is 1. The molecule has 7 nitrogen and oxygen atoms in total. The van der Waals surface area contributed by atoms with Crippen molar-refractivity contribution in [1.29, 1.82) is 5.41 Å². The zero-order chi connectivity index (χ0) is 24.2. The van der Waals surface area contributed by atoms with Crippen LogP contribution in [0.5, 0.6) is 5.75 Å². The van der Waals surface area contributed by atoms with Crippen LogP contribution in [0.1, 0.15) is 15.9 Å². The van der Waals surface area contributed by atoms with Crippen molar-refractivity contribution in [3.63, 3.8) is 0 Å². The third-order valence-electron chi connectivity index (χ3n) is 5.74. The molecule has 4 aromatic rings. The number of nitrogens with one attached hydrogen (secondary N) is 1. The van der Waals surface area contributed by atoms with Crippen molar-refractivity contribution in [2.24, 2.45) is 0 Å². The fourth-order valence-corrected chi connectivity index (χ4v) is 3.96. The lowest BCUT2D eigenvalue weighted by Crippen LogP contribution is -2.35. The number of imidazole rings is 1. The van der Waals surface area contributed by atoms with Gasteiger partial charge < -0.3 is 18.8 Å². The summed E-state index contributed by atoms with van der Waals surface area (Å²) in [5.74, 6) is 0.482. The number of ether oxygens (including phenoxy) is 1. The topological polar surface area (TPSA) is 80.3 Å². The summed E-state index contributed by atoms with van der Waals surface area (Å²) in [5.41, 5.74) is 3.03. The van der Waals surface area contributed by atoms with E-state index < -0.39 is 0 Å². The number of para-hydroxylation sites is 2. The highest BCUT2D eigenvalue weighted by atomic mass is 35.5. The average molecular weight is 477 g/mol. The zero-order valence-corrected chi connectivity index (χ0v) is 19.7. The summed E-state index contributed by atoms with van der Waals surface area (Å²) in [7, 11) is 3.35. The zero-order valence-electron chi connectivity index (χ0n) is 19.0. The number of hydrogen-bond donors (Lipinski definition) is 1. The molecule has 1 heterocycles. The van der Waals surface area contributed by atoms with Crippen molar-refractivity contribution < 1.29 is 14.3 Å². The first-order valence-corrected chi connectivity index (χ1v) is 11.1. The standard InChI is InChI=1S/C26H25ClN4O3/c1-29(15-18-7-13-21(34-2)14-8-18)25(33)17-31-23-6-4-3-5-22(23)30(26(31)28)16-24(32)19-9-11-20(27)12-10-19/h3-14,28H,15-17H2,1-2H3. The number of ketones is 1. The minimum Gasteiger partial charge on any atom is -0.497 e. The number of halogens is 1. The Labute approximate surface area is 202 Å². The third-order valence-corrected chi connectivity index (χ3v) is 5.99. The third kappa shape index (κ3) is 4.89. The molecule has 0 atom stereocenters. The van der Waals surface area contributed by atoms with Crippen molar-refractivity contribution in [3.05, 3.63) is 94.6 Å². The lowest BCUT2D eigenvalue weighted by Gasteiger charge is -2.18. The minimum absolute atomic E-state index is 0.00582. The van der Waals surface area contributed by atoms with Crippen molar-refractivity contribution >= 4 is 34.3 Å². The van der Waals surface area contributed by atoms with Crippen LogP contribution >= 0.6 is 11.6 Å². The van der Waals surface area contributed by atoms with Gasteiger partial charge in [-0.05, 0) is 54.1 Å². The molecule has 8 heteroatoms. The first-order chi connectivity index (χ1) is 16.4. The molecule has 0 unspecified atom stereocenters. The number of likely N-dealkylation sites (N-methyl/N-ethyl adjacent to an activating group) is 1. The molecule has 0 saturated heterocycles. The first kappa shape index (κ1) is 23.3. The summed E-state index contributed by atoms with van der Waals surface area (Å²) in [5, 5.41) is 9.29. The van der Waals surface area contributed by atoms with Gasteiger partial charge in [-0.1, -0.05) is 35.9 Å². The quantitative estimate of drug-likeness (QED) is 0.388. The molecule has 0 aliphatic heterocycles. The SMILES string of the molecule is COc1ccc(CN(C)C(=O)Cn2c(=N)n(CC(=O)c3ccc(Cl)cc3)c3ccccc32)cc1. The first-order valence-electron chi connectivity index (χ1n) is 10.8. The molecule has 3 aromatic carbocycles. The number of fused-ring (bicyclic) bond motifs is 1. The van der Waals surface area contributed by atoms with E-state index in [0.717, 1.165) is 22.3 Å². The molecule has 0 aliphatic rings. The van der Waals surface area contributed by atoms with E-state index in [4.69, 9.17) is 21.7 Å². The highest BCUT2D eigenvalue weighted by molar-refractivity contribution is 6.30. The van der Waals surface area contributed by atoms with Crippen LogP contribution in [0.15, 0.2) is 72.8 Å². The van der Waals surface area contributed by atoms with Crippen LogP contribution in [0.4, 0.5) is 0 Å². The van der Waals surface area contributed by atoms with Gasteiger partial charge in [-0.2, -0.15) is 0 Å². The molecule has 1 N–H and O–H groups in total. The second-order valence-electron chi connectivity index (χ2n) is 8.01. The van der Waals surface area contributed by atoms with Crippen LogP contribution in [0.25, 0.3) is 11.0 Å². The number of methoxy groups -OCH3 is 1. The van der Waals surface area contributed by atoms with Gasteiger partial charge in [0, 0.05) is 24.2 Å². The molecule has 1 aromatic heterocycles. The number of Topliss-reactive ketones (excluding diaryl/α,β-unsaturated/α-hetero) is 1. The lowest BCUT2D eigenvalue weighted by atomic mass is 10.1. The van der Waals surface area contributed by atoms with E-state index in [-0.39, 0.29) is 30.4 Å². The van der Waals surface area contributed by atoms with Gasteiger partial charge in [-0.15, -0.1) is 0 Å². The van der Waals surface area contributed by atoms with Gasteiger partial charge in [0.2, 0.25) is 11.5 Å². The van der Waals surface area contributed by atoms with Crippen molar-refractivity contribution in [2.45, 2.75) is 19.6 Å². The van der Waals surface area contributed by atoms with E-state index in [1.807, 2.05) is 48.5 Å². The normalized spacial score (nSPS) is 10.9. The summed E-state index contributed by atoms with van der Waals surface area (Å²) in [6.07, 6.45) is 0. The van der Waals surface area contributed by atoms with E-state index >= 15 is 0 Å². The van der Waals surface area contributed by atoms with Gasteiger partial charge in [0.15, 0.2) is 5.78 Å². The second-order valence-corrected chi connectivity index (χ2v) is 8.45. The summed E-state index contributed by atoms with van der Waals surface area (Å²) >= 11 is 5.93. The highest BCUT2D eigenvalue weighted by Gasteiger charge is 2.18. The Bertz CT molecular complexity index is 1390. The number of benzene rings is 3. The molecule has 34 heavy (non-hydrogen) atoms. The van der Waals surface area contributed by atoms with Gasteiger partial charge in [-0.3, -0.25) is 15.0 Å². The van der Waals surface area contributed by atoms with Gasteiger partial charge >= 0.3 is 0 Å². The summed E-state index contributed by atoms with van der Waals surface area (Å²) in [6, 6.07) is 21.6. The molecule has 0 spiro atoms. The van der Waals surface area contributed by atoms with Gasteiger partial charge in [-0.25, -0.2) is 0 Å². The van der Waals surface area contributed by atoms with Crippen LogP contribution in [0.2, 0.25) is 5.02 Å². The van der Waals surface area contributed by atoms with Gasteiger partial charge in [0.25, 0.3) is 0 Å². The Morgan fingerprint density at radius 1 is 0.912 bits per heavy atom. The van der Waals surface area contributed by atoms with Crippen LogP contribution in [-0.2, 0) is 24.4 Å². The molecule has 174 valence electrons. The molecule has 0 bridgehead atoms. The van der Waals surface area contributed by atoms with Crippen LogP contribution in [-0.4, -0.2) is 39.9 Å². The maximum atomic E-state index is 13.0. The Balaban J connectivity index is 1.57. The lowest BCUT2D eigenvalue weighted by molar-refractivity contribution is -0.131. The van der Waals surface area contributed by atoms with Crippen LogP contribution in [0, 0.1) is 5.41 Å². The minimum atomic E-state index is -0.138. The largest absolute Gasteiger partial charge is 0.497 e. The Morgan fingerprint density at radius 3 is 2.09 bits per heavy atom. The average Bonchev–Trinajstić information content (AvgIpc) is 3.10. The van der Waals surface area contributed by atoms with Gasteiger partial charge in [0.05, 0.1) is 24.7 Å². The fraction of sp³-hybridized carbons (Fsp3) is 0.192. The molecule has 4 rings (SSSR count). The molecular weight excluding hydrogens is 452 g/mol. The number of carbonyl (C=O) groups is 2. The Kier molecular flexibility index (Phi) is 6.84. The van der Waals surface area contributed by atoms with Crippen LogP contribution < -0.4 is 10.4 Å². The van der Waals surface area contributed by atoms with Crippen LogP contribution in [0.3, 0.4) is 0 Å². The number of rotatable bonds is 8. The highest BCUT2D eigenvalue weighted by Crippen LogP contribution is 2.16. The number of aromatic nitrogens is 2. The van der Waals surface area contributed by atoms with E-state index in [9.17, 15) is 9.59 Å². The van der Waals surface area contributed by atoms with Crippen molar-refractivity contribution in [2.75, 3.05) is 14.2 Å². The maximum Gasteiger partial charge on any atom is 0.242 e. The van der Waals surface area contributed by atoms with E-state index in [1.165, 1.54) is 0 Å². The Hall–Kier alpha value is -3.84. The maximum absolute atomic E-state index is 13.0. The predicted octanol–water partition coefficient (Wildman–Crippen LogP) is 4.13. The molecular formula is C26H25ClN4O3. The van der Waals surface area contributed by atoms with Gasteiger partial charge in [0.1, 0.15) is 12.3 Å². The van der Waals surface area contributed by atoms with E-state index in [1.54, 1.807) is 52.5 Å². The number of nitrogens with zero attached hydrogens (tertiary/aromatic N) is 3.